The molecule has 0 spiro atoms. The summed E-state index contributed by atoms with van der Waals surface area (Å²) < 4.78 is 1.97. The van der Waals surface area contributed by atoms with Crippen LogP contribution < -0.4 is 4.90 Å². The molecule has 0 N–H and O–H groups in total. The number of hydrogen-bond donors (Lipinski definition) is 0. The molecule has 0 aromatic carbocycles. The monoisotopic (exact) mass is 150 g/mol. The number of anilines is 1. The first-order valence-corrected chi connectivity index (χ1v) is 3.51. The number of rotatable bonds is 0. The predicted octanol–water partition coefficient (Wildman–Crippen LogP) is 0.246. The van der Waals surface area contributed by atoms with Crippen molar-refractivity contribution >= 4 is 12.0 Å². The van der Waals surface area contributed by atoms with Crippen molar-refractivity contribution in [3.8, 4) is 0 Å². The van der Waals surface area contributed by atoms with Gasteiger partial charge in [-0.15, -0.1) is 0 Å². The van der Waals surface area contributed by atoms with Gasteiger partial charge in [-0.05, 0) is 0 Å². The summed E-state index contributed by atoms with van der Waals surface area (Å²) in [5.74, 6) is 1.02. The van der Waals surface area contributed by atoms with Gasteiger partial charge in [0, 0.05) is 14.1 Å². The largest absolute Gasteiger partial charge is 0.338 e. The number of aromatic nitrogens is 2. The van der Waals surface area contributed by atoms with Gasteiger partial charge in [0.25, 0.3) is 0 Å². The second-order valence-electron chi connectivity index (χ2n) is 2.72. The van der Waals surface area contributed by atoms with E-state index in [-0.39, 0.29) is 0 Å². The first-order chi connectivity index (χ1) is 5.29. The SMILES string of the molecule is CN1CN=Cc2c1ncn2C. The van der Waals surface area contributed by atoms with Gasteiger partial charge in [0.2, 0.25) is 0 Å². The fourth-order valence-electron chi connectivity index (χ4n) is 1.19. The van der Waals surface area contributed by atoms with Crippen molar-refractivity contribution < 1.29 is 0 Å². The van der Waals surface area contributed by atoms with Crippen LogP contribution in [0.3, 0.4) is 0 Å². The Labute approximate surface area is 65.2 Å². The maximum absolute atomic E-state index is 4.23. The molecule has 1 aromatic rings. The molecule has 1 aliphatic heterocycles. The number of aliphatic imine (C=N–C) groups is 1. The minimum absolute atomic E-state index is 0.712. The summed E-state index contributed by atoms with van der Waals surface area (Å²) in [5, 5.41) is 0. The summed E-state index contributed by atoms with van der Waals surface area (Å²) in [6.07, 6.45) is 3.67. The third-order valence-electron chi connectivity index (χ3n) is 1.83. The average Bonchev–Trinajstić information content (AvgIpc) is 2.35. The van der Waals surface area contributed by atoms with E-state index >= 15 is 0 Å². The Balaban J connectivity index is 2.57. The van der Waals surface area contributed by atoms with Gasteiger partial charge < -0.3 is 9.47 Å². The molecular weight excluding hydrogens is 140 g/mol. The highest BCUT2D eigenvalue weighted by Gasteiger charge is 2.13. The van der Waals surface area contributed by atoms with E-state index in [9.17, 15) is 0 Å². The van der Waals surface area contributed by atoms with Crippen LogP contribution in [-0.4, -0.2) is 29.5 Å². The molecule has 0 bridgehead atoms. The minimum atomic E-state index is 0.712. The highest BCUT2D eigenvalue weighted by atomic mass is 15.3. The van der Waals surface area contributed by atoms with Crippen molar-refractivity contribution in [3.05, 3.63) is 12.0 Å². The molecule has 0 amide bonds. The van der Waals surface area contributed by atoms with Gasteiger partial charge in [0.05, 0.1) is 12.5 Å². The van der Waals surface area contributed by atoms with Crippen molar-refractivity contribution in [2.45, 2.75) is 0 Å². The average molecular weight is 150 g/mol. The van der Waals surface area contributed by atoms with E-state index in [0.29, 0.717) is 6.67 Å². The molecule has 2 heterocycles. The second kappa shape index (κ2) is 2.08. The molecule has 11 heavy (non-hydrogen) atoms. The lowest BCUT2D eigenvalue weighted by atomic mass is 10.4. The maximum atomic E-state index is 4.23. The van der Waals surface area contributed by atoms with Gasteiger partial charge in [-0.2, -0.15) is 0 Å². The van der Waals surface area contributed by atoms with E-state index in [4.69, 9.17) is 0 Å². The van der Waals surface area contributed by atoms with Crippen LogP contribution in [0.1, 0.15) is 5.69 Å². The Kier molecular flexibility index (Phi) is 1.21. The Bertz CT molecular complexity index is 299. The standard InChI is InChI=1S/C7H10N4/c1-10-5-9-7-6(10)3-8-4-11(7)2/h3,5H,4H2,1-2H3. The van der Waals surface area contributed by atoms with Crippen LogP contribution >= 0.6 is 0 Å². The third-order valence-corrected chi connectivity index (χ3v) is 1.83. The molecule has 0 aliphatic carbocycles. The van der Waals surface area contributed by atoms with Gasteiger partial charge in [-0.1, -0.05) is 0 Å². The van der Waals surface area contributed by atoms with Gasteiger partial charge in [-0.3, -0.25) is 4.99 Å². The van der Waals surface area contributed by atoms with Crippen LogP contribution in [0, 0.1) is 0 Å². The van der Waals surface area contributed by atoms with E-state index in [1.807, 2.05) is 29.8 Å². The maximum Gasteiger partial charge on any atom is 0.157 e. The number of hydrogen-bond acceptors (Lipinski definition) is 3. The van der Waals surface area contributed by atoms with Crippen molar-refractivity contribution in [1.82, 2.24) is 9.55 Å². The second-order valence-corrected chi connectivity index (χ2v) is 2.72. The summed E-state index contributed by atoms with van der Waals surface area (Å²) in [4.78, 5) is 10.4. The molecular formula is C7H10N4. The van der Waals surface area contributed by atoms with Crippen LogP contribution in [0.2, 0.25) is 0 Å². The molecule has 4 nitrogen and oxygen atoms in total. The molecule has 0 saturated heterocycles. The van der Waals surface area contributed by atoms with Crippen LogP contribution in [0.25, 0.3) is 0 Å². The van der Waals surface area contributed by atoms with E-state index in [2.05, 4.69) is 9.98 Å². The van der Waals surface area contributed by atoms with Crippen molar-refractivity contribution in [3.63, 3.8) is 0 Å². The number of fused-ring (bicyclic) bond motifs is 1. The quantitative estimate of drug-likeness (QED) is 0.531. The molecule has 0 unspecified atom stereocenters. The zero-order chi connectivity index (χ0) is 7.84. The van der Waals surface area contributed by atoms with Crippen LogP contribution in [0.4, 0.5) is 5.82 Å². The smallest absolute Gasteiger partial charge is 0.157 e. The molecule has 4 heteroatoms. The highest BCUT2D eigenvalue weighted by Crippen LogP contribution is 2.17. The molecule has 1 aliphatic rings. The molecule has 0 fully saturated rings. The summed E-state index contributed by atoms with van der Waals surface area (Å²) in [6.45, 7) is 0.712. The molecule has 58 valence electrons. The van der Waals surface area contributed by atoms with E-state index in [1.54, 1.807) is 6.33 Å². The lowest BCUT2D eigenvalue weighted by molar-refractivity contribution is 0.876. The minimum Gasteiger partial charge on any atom is -0.338 e. The first kappa shape index (κ1) is 6.39. The molecule has 1 aromatic heterocycles. The number of aryl methyl sites for hydroxylation is 1. The molecule has 0 saturated carbocycles. The Morgan fingerprint density at radius 3 is 3.00 bits per heavy atom. The summed E-state index contributed by atoms with van der Waals surface area (Å²) in [5.41, 5.74) is 1.08. The number of imidazole rings is 1. The van der Waals surface area contributed by atoms with Crippen LogP contribution in [-0.2, 0) is 7.05 Å². The lowest BCUT2D eigenvalue weighted by Crippen LogP contribution is -2.22. The zero-order valence-electron chi connectivity index (χ0n) is 6.65. The van der Waals surface area contributed by atoms with E-state index in [0.717, 1.165) is 11.5 Å². The topological polar surface area (TPSA) is 33.4 Å². The first-order valence-electron chi connectivity index (χ1n) is 3.51. The van der Waals surface area contributed by atoms with Gasteiger partial charge in [0.15, 0.2) is 5.82 Å². The fraction of sp³-hybridized carbons (Fsp3) is 0.429. The van der Waals surface area contributed by atoms with Crippen molar-refractivity contribution in [2.24, 2.45) is 12.0 Å². The Hall–Kier alpha value is -1.32. The van der Waals surface area contributed by atoms with E-state index in [1.165, 1.54) is 0 Å². The van der Waals surface area contributed by atoms with Gasteiger partial charge in [0.1, 0.15) is 12.4 Å². The molecule has 2 rings (SSSR count). The molecule has 0 atom stereocenters. The zero-order valence-corrected chi connectivity index (χ0v) is 6.65. The summed E-state index contributed by atoms with van der Waals surface area (Å²) in [7, 11) is 3.96. The predicted molar refractivity (Wildman–Crippen MR) is 44.1 cm³/mol. The number of nitrogens with zero attached hydrogens (tertiary/aromatic N) is 4. The molecule has 0 radical (unpaired) electrons. The Morgan fingerprint density at radius 2 is 2.27 bits per heavy atom. The third kappa shape index (κ3) is 0.824. The van der Waals surface area contributed by atoms with Crippen molar-refractivity contribution in [1.29, 1.82) is 0 Å². The summed E-state index contributed by atoms with van der Waals surface area (Å²) >= 11 is 0. The van der Waals surface area contributed by atoms with Gasteiger partial charge >= 0.3 is 0 Å². The highest BCUT2D eigenvalue weighted by molar-refractivity contribution is 5.86. The lowest BCUT2D eigenvalue weighted by Gasteiger charge is -2.18. The summed E-state index contributed by atoms with van der Waals surface area (Å²) in [6, 6.07) is 0. The van der Waals surface area contributed by atoms with Gasteiger partial charge in [-0.25, -0.2) is 4.98 Å². The van der Waals surface area contributed by atoms with Crippen LogP contribution in [0.5, 0.6) is 0 Å². The Morgan fingerprint density at radius 1 is 1.45 bits per heavy atom. The fourth-order valence-corrected chi connectivity index (χ4v) is 1.19. The van der Waals surface area contributed by atoms with Crippen LogP contribution in [0.15, 0.2) is 11.3 Å². The normalized spacial score (nSPS) is 15.3. The van der Waals surface area contributed by atoms with E-state index < -0.39 is 0 Å². The van der Waals surface area contributed by atoms with Crippen molar-refractivity contribution in [2.75, 3.05) is 18.6 Å².